The number of aryl methyl sites for hydroxylation is 2. The number of aliphatic hydroxyl groups is 1. The van der Waals surface area contributed by atoms with Crippen molar-refractivity contribution in [1.29, 1.82) is 0 Å². The second-order valence-corrected chi connectivity index (χ2v) is 10.9. The lowest BCUT2D eigenvalue weighted by Gasteiger charge is -2.23. The van der Waals surface area contributed by atoms with Gasteiger partial charge >= 0.3 is 5.91 Å². The summed E-state index contributed by atoms with van der Waals surface area (Å²) in [5, 5.41) is 11.7. The molecule has 9 heteroatoms. The van der Waals surface area contributed by atoms with Crippen LogP contribution in [0.1, 0.15) is 57.5 Å². The Bertz CT molecular complexity index is 1690. The van der Waals surface area contributed by atoms with Crippen molar-refractivity contribution in [2.24, 2.45) is 0 Å². The fraction of sp³-hybridized carbons (Fsp3) is 0.212. The first kappa shape index (κ1) is 28.8. The number of hydrogen-bond donors (Lipinski definition) is 1. The molecule has 214 valence electrons. The highest BCUT2D eigenvalue weighted by atomic mass is 32.1. The van der Waals surface area contributed by atoms with Gasteiger partial charge in [-0.15, -0.1) is 0 Å². The van der Waals surface area contributed by atoms with Crippen LogP contribution in [0.3, 0.4) is 0 Å². The molecule has 0 radical (unpaired) electrons. The van der Waals surface area contributed by atoms with E-state index in [1.165, 1.54) is 11.8 Å². The van der Waals surface area contributed by atoms with Gasteiger partial charge in [0.25, 0.3) is 5.78 Å². The van der Waals surface area contributed by atoms with Gasteiger partial charge in [0.1, 0.15) is 23.9 Å². The summed E-state index contributed by atoms with van der Waals surface area (Å²) in [6.45, 7) is 7.87. The molecule has 5 rings (SSSR count). The van der Waals surface area contributed by atoms with Crippen LogP contribution in [-0.2, 0) is 16.2 Å². The van der Waals surface area contributed by atoms with E-state index in [0.29, 0.717) is 46.4 Å². The van der Waals surface area contributed by atoms with Crippen LogP contribution in [0.4, 0.5) is 5.13 Å². The van der Waals surface area contributed by atoms with Crippen molar-refractivity contribution in [2.45, 2.75) is 40.3 Å². The molecule has 1 saturated heterocycles. The van der Waals surface area contributed by atoms with Crippen LogP contribution >= 0.6 is 11.3 Å². The number of hydrogen-bond acceptors (Lipinski definition) is 8. The van der Waals surface area contributed by atoms with Crippen molar-refractivity contribution in [3.8, 4) is 11.5 Å². The van der Waals surface area contributed by atoms with Crippen LogP contribution in [0.25, 0.3) is 5.76 Å². The normalized spacial score (nSPS) is 16.1. The lowest BCUT2D eigenvalue weighted by molar-refractivity contribution is -0.132. The van der Waals surface area contributed by atoms with Gasteiger partial charge in [0.2, 0.25) is 0 Å². The quantitative estimate of drug-likeness (QED) is 0.103. The SMILES string of the molecule is CCOc1ccc(C2/C(=C(\O)c3ccc(OCc4ccccc4C)cc3)C(=O)C(=O)N2c2nc(C)c(C(C)=O)s2)cc1. The summed E-state index contributed by atoms with van der Waals surface area (Å²) in [5.41, 5.74) is 3.51. The summed E-state index contributed by atoms with van der Waals surface area (Å²) >= 11 is 1.04. The number of ketones is 2. The highest BCUT2D eigenvalue weighted by molar-refractivity contribution is 7.18. The molecule has 4 aromatic rings. The minimum Gasteiger partial charge on any atom is -0.507 e. The fourth-order valence-corrected chi connectivity index (χ4v) is 5.86. The van der Waals surface area contributed by atoms with Gasteiger partial charge in [-0.3, -0.25) is 19.3 Å². The highest BCUT2D eigenvalue weighted by Crippen LogP contribution is 2.44. The van der Waals surface area contributed by atoms with E-state index < -0.39 is 17.7 Å². The number of ether oxygens (including phenoxy) is 2. The maximum absolute atomic E-state index is 13.5. The smallest absolute Gasteiger partial charge is 0.301 e. The van der Waals surface area contributed by atoms with Gasteiger partial charge in [-0.25, -0.2) is 4.98 Å². The minimum absolute atomic E-state index is 0.0741. The summed E-state index contributed by atoms with van der Waals surface area (Å²) in [6, 6.07) is 20.7. The van der Waals surface area contributed by atoms with Crippen LogP contribution in [-0.4, -0.2) is 34.2 Å². The number of carbonyl (C=O) groups excluding carboxylic acids is 3. The van der Waals surface area contributed by atoms with Gasteiger partial charge in [-0.05, 0) is 73.9 Å². The number of anilines is 1. The third-order valence-corrected chi connectivity index (χ3v) is 8.30. The third-order valence-electron chi connectivity index (χ3n) is 7.05. The Kier molecular flexibility index (Phi) is 8.22. The molecule has 1 aromatic heterocycles. The predicted molar refractivity (Wildman–Crippen MR) is 161 cm³/mol. The molecule has 2 heterocycles. The first-order valence-corrected chi connectivity index (χ1v) is 14.3. The average molecular weight is 583 g/mol. The second-order valence-electron chi connectivity index (χ2n) is 9.88. The Balaban J connectivity index is 1.53. The van der Waals surface area contributed by atoms with E-state index in [0.717, 1.165) is 22.5 Å². The van der Waals surface area contributed by atoms with Crippen molar-refractivity contribution < 1.29 is 29.0 Å². The molecule has 0 aliphatic carbocycles. The number of rotatable bonds is 9. The summed E-state index contributed by atoms with van der Waals surface area (Å²) in [6.07, 6.45) is 0. The molecule has 0 bridgehead atoms. The third kappa shape index (κ3) is 5.56. The summed E-state index contributed by atoms with van der Waals surface area (Å²) < 4.78 is 11.5. The lowest BCUT2D eigenvalue weighted by atomic mass is 9.95. The number of nitrogens with zero attached hydrogens (tertiary/aromatic N) is 2. The van der Waals surface area contributed by atoms with Gasteiger partial charge in [0.15, 0.2) is 10.9 Å². The summed E-state index contributed by atoms with van der Waals surface area (Å²) in [4.78, 5) is 45.2. The molecular weight excluding hydrogens is 552 g/mol. The Morgan fingerprint density at radius 1 is 0.952 bits per heavy atom. The zero-order valence-electron chi connectivity index (χ0n) is 23.7. The van der Waals surface area contributed by atoms with E-state index in [2.05, 4.69) is 4.98 Å². The molecule has 8 nitrogen and oxygen atoms in total. The largest absolute Gasteiger partial charge is 0.507 e. The van der Waals surface area contributed by atoms with Crippen LogP contribution in [0, 0.1) is 13.8 Å². The number of thiazole rings is 1. The van der Waals surface area contributed by atoms with Gasteiger partial charge in [-0.2, -0.15) is 0 Å². The zero-order valence-corrected chi connectivity index (χ0v) is 24.5. The summed E-state index contributed by atoms with van der Waals surface area (Å²) in [5.74, 6) is -0.965. The molecule has 1 aliphatic rings. The maximum atomic E-state index is 13.5. The Morgan fingerprint density at radius 2 is 1.60 bits per heavy atom. The molecule has 1 fully saturated rings. The Hall–Kier alpha value is -4.76. The standard InChI is InChI=1S/C33H30N2O6S/c1-5-40-25-14-10-22(11-15-25)28-27(30(38)32(39)35(28)33-34-20(3)31(42-33)21(4)36)29(37)23-12-16-26(17-13-23)41-18-24-9-7-6-8-19(24)2/h6-17,28,37H,5,18H2,1-4H3/b29-27+. The molecule has 3 aromatic carbocycles. The van der Waals surface area contributed by atoms with E-state index in [4.69, 9.17) is 9.47 Å². The van der Waals surface area contributed by atoms with E-state index in [1.807, 2.05) is 38.1 Å². The van der Waals surface area contributed by atoms with Gasteiger partial charge in [0, 0.05) is 12.5 Å². The average Bonchev–Trinajstić information content (AvgIpc) is 3.49. The van der Waals surface area contributed by atoms with Crippen LogP contribution in [0.2, 0.25) is 0 Å². The maximum Gasteiger partial charge on any atom is 0.301 e. The molecule has 1 amide bonds. The van der Waals surface area contributed by atoms with E-state index in [1.54, 1.807) is 55.5 Å². The van der Waals surface area contributed by atoms with Crippen molar-refractivity contribution in [3.63, 3.8) is 0 Å². The van der Waals surface area contributed by atoms with Gasteiger partial charge in [-0.1, -0.05) is 47.7 Å². The zero-order chi connectivity index (χ0) is 30.0. The van der Waals surface area contributed by atoms with E-state index >= 15 is 0 Å². The monoisotopic (exact) mass is 582 g/mol. The number of Topliss-reactive ketones (excluding diaryl/α,β-unsaturated/α-hetero) is 2. The fourth-order valence-electron chi connectivity index (χ4n) is 4.87. The van der Waals surface area contributed by atoms with Crippen molar-refractivity contribution in [1.82, 2.24) is 4.98 Å². The van der Waals surface area contributed by atoms with Crippen LogP contribution in [0.5, 0.6) is 11.5 Å². The number of amides is 1. The topological polar surface area (TPSA) is 106 Å². The first-order valence-electron chi connectivity index (χ1n) is 13.5. The Morgan fingerprint density at radius 3 is 2.21 bits per heavy atom. The number of aromatic nitrogens is 1. The predicted octanol–water partition coefficient (Wildman–Crippen LogP) is 6.57. The minimum atomic E-state index is -0.969. The number of benzene rings is 3. The Labute approximate surface area is 247 Å². The van der Waals surface area contributed by atoms with Crippen LogP contribution < -0.4 is 14.4 Å². The second kappa shape index (κ2) is 12.0. The van der Waals surface area contributed by atoms with Crippen molar-refractivity contribution in [2.75, 3.05) is 11.5 Å². The molecule has 1 atom stereocenters. The first-order chi connectivity index (χ1) is 20.2. The molecule has 0 spiro atoms. The van der Waals surface area contributed by atoms with Gasteiger partial charge < -0.3 is 14.6 Å². The number of carbonyl (C=O) groups is 3. The molecule has 1 aliphatic heterocycles. The molecule has 42 heavy (non-hydrogen) atoms. The number of aliphatic hydroxyl groups excluding tert-OH is 1. The van der Waals surface area contributed by atoms with E-state index in [9.17, 15) is 19.5 Å². The van der Waals surface area contributed by atoms with Crippen molar-refractivity contribution >= 4 is 39.7 Å². The lowest BCUT2D eigenvalue weighted by Crippen LogP contribution is -2.29. The van der Waals surface area contributed by atoms with Crippen molar-refractivity contribution in [3.05, 3.63) is 111 Å². The molecule has 1 N–H and O–H groups in total. The van der Waals surface area contributed by atoms with Crippen LogP contribution in [0.15, 0.2) is 78.4 Å². The molecule has 1 unspecified atom stereocenters. The molecular formula is C33H30N2O6S. The highest BCUT2D eigenvalue weighted by Gasteiger charge is 2.48. The van der Waals surface area contributed by atoms with E-state index in [-0.39, 0.29) is 22.2 Å². The van der Waals surface area contributed by atoms with Gasteiger partial charge in [0.05, 0.1) is 28.8 Å². The molecule has 0 saturated carbocycles. The summed E-state index contributed by atoms with van der Waals surface area (Å²) in [7, 11) is 0.